The van der Waals surface area contributed by atoms with E-state index in [4.69, 9.17) is 0 Å². The second-order valence-corrected chi connectivity index (χ2v) is 6.14. The van der Waals surface area contributed by atoms with Gasteiger partial charge < -0.3 is 9.88 Å². The minimum atomic E-state index is 0.314. The number of nitrogens with zero attached hydrogens (tertiary/aromatic N) is 1. The average Bonchev–Trinajstić information content (AvgIpc) is 3.23. The standard InChI is InChI=1S/C18H24N2O/c1-2-11-20(13-14-7-8-14)18(21)10-9-15-12-19-17-6-4-3-5-16(15)17/h3-6,12,14,19H,2,7-11,13H2,1H3. The van der Waals surface area contributed by atoms with Crippen LogP contribution in [0, 0.1) is 5.92 Å². The van der Waals surface area contributed by atoms with Crippen molar-refractivity contribution in [2.24, 2.45) is 5.92 Å². The topological polar surface area (TPSA) is 36.1 Å². The molecule has 0 radical (unpaired) electrons. The summed E-state index contributed by atoms with van der Waals surface area (Å²) < 4.78 is 0. The van der Waals surface area contributed by atoms with Gasteiger partial charge in [0, 0.05) is 36.6 Å². The molecule has 1 N–H and O–H groups in total. The first-order valence-electron chi connectivity index (χ1n) is 8.10. The van der Waals surface area contributed by atoms with E-state index in [1.807, 2.05) is 12.3 Å². The maximum atomic E-state index is 12.4. The van der Waals surface area contributed by atoms with E-state index in [2.05, 4.69) is 35.0 Å². The number of carbonyl (C=O) groups is 1. The van der Waals surface area contributed by atoms with Crippen molar-refractivity contribution in [3.63, 3.8) is 0 Å². The van der Waals surface area contributed by atoms with E-state index in [-0.39, 0.29) is 0 Å². The molecule has 0 saturated heterocycles. The van der Waals surface area contributed by atoms with Gasteiger partial charge in [-0.3, -0.25) is 4.79 Å². The van der Waals surface area contributed by atoms with Gasteiger partial charge in [0.25, 0.3) is 0 Å². The third-order valence-electron chi connectivity index (χ3n) is 4.30. The number of nitrogens with one attached hydrogen (secondary N) is 1. The number of hydrogen-bond acceptors (Lipinski definition) is 1. The van der Waals surface area contributed by atoms with Crippen LogP contribution in [0.25, 0.3) is 10.9 Å². The van der Waals surface area contributed by atoms with Crippen molar-refractivity contribution in [1.29, 1.82) is 0 Å². The highest BCUT2D eigenvalue weighted by molar-refractivity contribution is 5.84. The molecule has 0 spiro atoms. The number of H-pyrrole nitrogens is 1. The van der Waals surface area contributed by atoms with Crippen LogP contribution in [-0.4, -0.2) is 28.9 Å². The Morgan fingerprint density at radius 1 is 1.33 bits per heavy atom. The molecule has 1 fully saturated rings. The van der Waals surface area contributed by atoms with Crippen LogP contribution in [0.15, 0.2) is 30.5 Å². The zero-order valence-electron chi connectivity index (χ0n) is 12.8. The molecule has 3 rings (SSSR count). The van der Waals surface area contributed by atoms with E-state index >= 15 is 0 Å². The predicted octanol–water partition coefficient (Wildman–Crippen LogP) is 3.75. The number of amides is 1. The molecule has 1 aromatic heterocycles. The van der Waals surface area contributed by atoms with Gasteiger partial charge in [-0.15, -0.1) is 0 Å². The highest BCUT2D eigenvalue weighted by Gasteiger charge is 2.26. The Labute approximate surface area is 126 Å². The molecule has 3 heteroatoms. The lowest BCUT2D eigenvalue weighted by Crippen LogP contribution is -2.33. The monoisotopic (exact) mass is 284 g/mol. The van der Waals surface area contributed by atoms with Gasteiger partial charge in [-0.2, -0.15) is 0 Å². The van der Waals surface area contributed by atoms with E-state index < -0.39 is 0 Å². The first-order chi connectivity index (χ1) is 10.3. The number of aromatic amines is 1. The van der Waals surface area contributed by atoms with E-state index in [9.17, 15) is 4.79 Å². The summed E-state index contributed by atoms with van der Waals surface area (Å²) in [4.78, 5) is 17.8. The molecule has 0 bridgehead atoms. The van der Waals surface area contributed by atoms with Crippen LogP contribution in [0.1, 0.15) is 38.2 Å². The van der Waals surface area contributed by atoms with Gasteiger partial charge in [0.15, 0.2) is 0 Å². The van der Waals surface area contributed by atoms with Crippen molar-refractivity contribution in [3.8, 4) is 0 Å². The fourth-order valence-corrected chi connectivity index (χ4v) is 2.94. The number of carbonyl (C=O) groups excluding carboxylic acids is 1. The molecule has 1 saturated carbocycles. The second-order valence-electron chi connectivity index (χ2n) is 6.14. The molecule has 0 aliphatic heterocycles. The van der Waals surface area contributed by atoms with Gasteiger partial charge >= 0.3 is 0 Å². The molecular formula is C18H24N2O. The van der Waals surface area contributed by atoms with Crippen LogP contribution in [0.4, 0.5) is 0 Å². The van der Waals surface area contributed by atoms with E-state index in [1.54, 1.807) is 0 Å². The second kappa shape index (κ2) is 6.33. The highest BCUT2D eigenvalue weighted by Crippen LogP contribution is 2.30. The molecule has 112 valence electrons. The maximum Gasteiger partial charge on any atom is 0.222 e. The Hall–Kier alpha value is -1.77. The third kappa shape index (κ3) is 3.46. The molecule has 1 heterocycles. The lowest BCUT2D eigenvalue weighted by atomic mass is 10.1. The van der Waals surface area contributed by atoms with Crippen LogP contribution >= 0.6 is 0 Å². The number of hydrogen-bond donors (Lipinski definition) is 1. The van der Waals surface area contributed by atoms with Crippen LogP contribution in [0.3, 0.4) is 0 Å². The Morgan fingerprint density at radius 2 is 2.14 bits per heavy atom. The first-order valence-corrected chi connectivity index (χ1v) is 8.10. The number of rotatable bonds is 7. The molecule has 1 aromatic carbocycles. The Balaban J connectivity index is 1.61. The summed E-state index contributed by atoms with van der Waals surface area (Å²) in [6.07, 6.45) is 7.14. The molecule has 2 aromatic rings. The van der Waals surface area contributed by atoms with Gasteiger partial charge in [0.2, 0.25) is 5.91 Å². The molecule has 21 heavy (non-hydrogen) atoms. The fraction of sp³-hybridized carbons (Fsp3) is 0.500. The number of fused-ring (bicyclic) bond motifs is 1. The van der Waals surface area contributed by atoms with Crippen LogP contribution < -0.4 is 0 Å². The fourth-order valence-electron chi connectivity index (χ4n) is 2.94. The first kappa shape index (κ1) is 14.2. The summed E-state index contributed by atoms with van der Waals surface area (Å²) in [5, 5.41) is 1.24. The van der Waals surface area contributed by atoms with Crippen molar-refractivity contribution in [2.45, 2.75) is 39.0 Å². The molecule has 1 aliphatic carbocycles. The maximum absolute atomic E-state index is 12.4. The SMILES string of the molecule is CCCN(CC1CC1)C(=O)CCc1c[nH]c2ccccc12. The van der Waals surface area contributed by atoms with Gasteiger partial charge in [-0.25, -0.2) is 0 Å². The summed E-state index contributed by atoms with van der Waals surface area (Å²) >= 11 is 0. The Bertz CT molecular complexity index is 612. The number of aromatic nitrogens is 1. The molecule has 1 amide bonds. The Kier molecular flexibility index (Phi) is 4.28. The third-order valence-corrected chi connectivity index (χ3v) is 4.30. The van der Waals surface area contributed by atoms with Crippen molar-refractivity contribution in [3.05, 3.63) is 36.0 Å². The summed E-state index contributed by atoms with van der Waals surface area (Å²) in [6, 6.07) is 8.29. The smallest absolute Gasteiger partial charge is 0.222 e. The minimum Gasteiger partial charge on any atom is -0.361 e. The van der Waals surface area contributed by atoms with Gasteiger partial charge in [-0.1, -0.05) is 25.1 Å². The van der Waals surface area contributed by atoms with Crippen molar-refractivity contribution >= 4 is 16.8 Å². The molecular weight excluding hydrogens is 260 g/mol. The van der Waals surface area contributed by atoms with Crippen molar-refractivity contribution in [1.82, 2.24) is 9.88 Å². The molecule has 0 atom stereocenters. The van der Waals surface area contributed by atoms with Crippen molar-refractivity contribution in [2.75, 3.05) is 13.1 Å². The van der Waals surface area contributed by atoms with Gasteiger partial charge in [-0.05, 0) is 43.2 Å². The minimum absolute atomic E-state index is 0.314. The summed E-state index contributed by atoms with van der Waals surface area (Å²) in [7, 11) is 0. The lowest BCUT2D eigenvalue weighted by molar-refractivity contribution is -0.131. The largest absolute Gasteiger partial charge is 0.361 e. The number of para-hydroxylation sites is 1. The lowest BCUT2D eigenvalue weighted by Gasteiger charge is -2.22. The summed E-state index contributed by atoms with van der Waals surface area (Å²) in [6.45, 7) is 4.02. The quantitative estimate of drug-likeness (QED) is 0.826. The van der Waals surface area contributed by atoms with Crippen LogP contribution in [0.5, 0.6) is 0 Å². The van der Waals surface area contributed by atoms with Crippen molar-refractivity contribution < 1.29 is 4.79 Å². The van der Waals surface area contributed by atoms with Crippen LogP contribution in [0.2, 0.25) is 0 Å². The van der Waals surface area contributed by atoms with Crippen LogP contribution in [-0.2, 0) is 11.2 Å². The number of benzene rings is 1. The van der Waals surface area contributed by atoms with Gasteiger partial charge in [0.1, 0.15) is 0 Å². The molecule has 1 aliphatic rings. The zero-order chi connectivity index (χ0) is 14.7. The predicted molar refractivity (Wildman–Crippen MR) is 86.2 cm³/mol. The highest BCUT2D eigenvalue weighted by atomic mass is 16.2. The number of aryl methyl sites for hydroxylation is 1. The zero-order valence-corrected chi connectivity index (χ0v) is 12.8. The van der Waals surface area contributed by atoms with E-state index in [0.717, 1.165) is 37.4 Å². The summed E-state index contributed by atoms with van der Waals surface area (Å²) in [5.41, 5.74) is 2.41. The summed E-state index contributed by atoms with van der Waals surface area (Å²) in [5.74, 6) is 1.09. The molecule has 3 nitrogen and oxygen atoms in total. The Morgan fingerprint density at radius 3 is 2.90 bits per heavy atom. The van der Waals surface area contributed by atoms with E-state index in [0.29, 0.717) is 12.3 Å². The molecule has 0 unspecified atom stereocenters. The van der Waals surface area contributed by atoms with Gasteiger partial charge in [0.05, 0.1) is 0 Å². The normalized spacial score (nSPS) is 14.5. The average molecular weight is 284 g/mol. The van der Waals surface area contributed by atoms with E-state index in [1.165, 1.54) is 23.8 Å².